The van der Waals surface area contributed by atoms with Gasteiger partial charge in [-0.05, 0) is 41.2 Å². The molecule has 2 aromatic rings. The summed E-state index contributed by atoms with van der Waals surface area (Å²) in [5.41, 5.74) is 5.46. The molecule has 2 aromatic carbocycles. The van der Waals surface area contributed by atoms with Gasteiger partial charge in [-0.15, -0.1) is 0 Å². The van der Waals surface area contributed by atoms with E-state index in [-0.39, 0.29) is 0 Å². The second-order valence-corrected chi connectivity index (χ2v) is 4.22. The molecule has 92 valence electrons. The van der Waals surface area contributed by atoms with Crippen molar-refractivity contribution in [3.8, 4) is 11.1 Å². The Morgan fingerprint density at radius 2 is 1.61 bits per heavy atom. The van der Waals surface area contributed by atoms with E-state index >= 15 is 0 Å². The lowest BCUT2D eigenvalue weighted by molar-refractivity contribution is 0.986. The molecule has 0 saturated heterocycles. The Morgan fingerprint density at radius 1 is 0.833 bits per heavy atom. The molecule has 0 heterocycles. The first-order valence-corrected chi connectivity index (χ1v) is 6.78. The van der Waals surface area contributed by atoms with Crippen LogP contribution in [0.4, 0.5) is 0 Å². The fraction of sp³-hybridized carbons (Fsp3) is 0.222. The summed E-state index contributed by atoms with van der Waals surface area (Å²) in [5, 5.41) is 0. The Labute approximate surface area is 110 Å². The minimum Gasteiger partial charge on any atom is -0.0836 e. The largest absolute Gasteiger partial charge is 0.0836 e. The van der Waals surface area contributed by atoms with Crippen LogP contribution in [0.25, 0.3) is 17.2 Å². The van der Waals surface area contributed by atoms with Crippen molar-refractivity contribution in [1.82, 2.24) is 0 Å². The van der Waals surface area contributed by atoms with E-state index < -0.39 is 0 Å². The number of aryl methyl sites for hydroxylation is 1. The zero-order valence-corrected chi connectivity index (χ0v) is 11.2. The van der Waals surface area contributed by atoms with E-state index in [9.17, 15) is 0 Å². The minimum absolute atomic E-state index is 1.18. The van der Waals surface area contributed by atoms with Gasteiger partial charge in [0.15, 0.2) is 0 Å². The highest BCUT2D eigenvalue weighted by Crippen LogP contribution is 2.26. The fourth-order valence-electron chi connectivity index (χ4n) is 2.24. The van der Waals surface area contributed by atoms with E-state index in [1.807, 2.05) is 13.8 Å². The summed E-state index contributed by atoms with van der Waals surface area (Å²) in [7, 11) is 0. The molecule has 1 aliphatic rings. The molecule has 0 nitrogen and oxygen atoms in total. The molecular weight excluding hydrogens is 216 g/mol. The van der Waals surface area contributed by atoms with Gasteiger partial charge in [0, 0.05) is 0 Å². The van der Waals surface area contributed by atoms with Crippen LogP contribution >= 0.6 is 0 Å². The molecule has 18 heavy (non-hydrogen) atoms. The van der Waals surface area contributed by atoms with Gasteiger partial charge >= 0.3 is 0 Å². The fourth-order valence-corrected chi connectivity index (χ4v) is 2.24. The van der Waals surface area contributed by atoms with Crippen LogP contribution < -0.4 is 0 Å². The topological polar surface area (TPSA) is 0 Å². The van der Waals surface area contributed by atoms with Gasteiger partial charge < -0.3 is 0 Å². The zero-order valence-electron chi connectivity index (χ0n) is 11.2. The Morgan fingerprint density at radius 3 is 2.39 bits per heavy atom. The van der Waals surface area contributed by atoms with Crippen molar-refractivity contribution in [3.63, 3.8) is 0 Å². The molecule has 0 unspecified atom stereocenters. The third kappa shape index (κ3) is 2.70. The van der Waals surface area contributed by atoms with Crippen LogP contribution in [-0.2, 0) is 6.42 Å². The van der Waals surface area contributed by atoms with Crippen LogP contribution in [0.2, 0.25) is 0 Å². The van der Waals surface area contributed by atoms with Crippen molar-refractivity contribution < 1.29 is 0 Å². The Hall–Kier alpha value is -1.82. The molecule has 0 radical (unpaired) electrons. The summed E-state index contributed by atoms with van der Waals surface area (Å²) >= 11 is 0. The summed E-state index contributed by atoms with van der Waals surface area (Å²) in [6.45, 7) is 4.00. The maximum absolute atomic E-state index is 2.29. The third-order valence-corrected chi connectivity index (χ3v) is 3.13. The average Bonchev–Trinajstić information content (AvgIpc) is 2.50. The van der Waals surface area contributed by atoms with E-state index in [1.54, 1.807) is 0 Å². The smallest absolute Gasteiger partial charge is 0.0178 e. The van der Waals surface area contributed by atoms with Crippen molar-refractivity contribution in [2.45, 2.75) is 26.7 Å². The SMILES string of the molecule is C1=Cc2cc(-c3ccccc3)ccc2CC1.CC. The molecule has 0 spiro atoms. The number of fused-ring (bicyclic) bond motifs is 1. The van der Waals surface area contributed by atoms with Gasteiger partial charge in [-0.2, -0.15) is 0 Å². The zero-order chi connectivity index (χ0) is 12.8. The van der Waals surface area contributed by atoms with Gasteiger partial charge in [-0.1, -0.05) is 68.5 Å². The third-order valence-electron chi connectivity index (χ3n) is 3.13. The molecule has 0 saturated carbocycles. The summed E-state index contributed by atoms with van der Waals surface area (Å²) in [4.78, 5) is 0. The van der Waals surface area contributed by atoms with E-state index in [0.29, 0.717) is 0 Å². The summed E-state index contributed by atoms with van der Waals surface area (Å²) in [6, 6.07) is 17.3. The van der Waals surface area contributed by atoms with Gasteiger partial charge in [0.1, 0.15) is 0 Å². The summed E-state index contributed by atoms with van der Waals surface area (Å²) < 4.78 is 0. The van der Waals surface area contributed by atoms with Crippen LogP contribution in [0.5, 0.6) is 0 Å². The maximum Gasteiger partial charge on any atom is -0.0178 e. The predicted octanol–water partition coefficient (Wildman–Crippen LogP) is 5.34. The molecule has 0 heteroatoms. The first kappa shape index (κ1) is 12.6. The van der Waals surface area contributed by atoms with E-state index in [4.69, 9.17) is 0 Å². The van der Waals surface area contributed by atoms with Gasteiger partial charge in [0.05, 0.1) is 0 Å². The van der Waals surface area contributed by atoms with Gasteiger partial charge in [-0.25, -0.2) is 0 Å². The first-order valence-electron chi connectivity index (χ1n) is 6.78. The molecule has 0 N–H and O–H groups in total. The second-order valence-electron chi connectivity index (χ2n) is 4.22. The number of hydrogen-bond acceptors (Lipinski definition) is 0. The number of rotatable bonds is 1. The van der Waals surface area contributed by atoms with E-state index in [2.05, 4.69) is 60.7 Å². The lowest BCUT2D eigenvalue weighted by atomic mass is 9.93. The number of allylic oxidation sites excluding steroid dienone is 1. The lowest BCUT2D eigenvalue weighted by Crippen LogP contribution is -1.93. The average molecular weight is 236 g/mol. The Kier molecular flexibility index (Phi) is 4.35. The van der Waals surface area contributed by atoms with Crippen LogP contribution in [0.3, 0.4) is 0 Å². The highest BCUT2D eigenvalue weighted by Gasteiger charge is 2.05. The van der Waals surface area contributed by atoms with Crippen LogP contribution in [0.1, 0.15) is 31.4 Å². The van der Waals surface area contributed by atoms with E-state index in [0.717, 1.165) is 0 Å². The number of hydrogen-bond donors (Lipinski definition) is 0. The van der Waals surface area contributed by atoms with Crippen molar-refractivity contribution in [1.29, 1.82) is 0 Å². The standard InChI is InChI=1S/C16H14.C2H6/c1-2-6-13(7-3-1)16-11-10-14-8-4-5-9-15(14)12-16;1-2/h1-3,5-7,9-12H,4,8H2;1-2H3. The van der Waals surface area contributed by atoms with Crippen LogP contribution in [-0.4, -0.2) is 0 Å². The first-order chi connectivity index (χ1) is 8.93. The Balaban J connectivity index is 0.000000574. The van der Waals surface area contributed by atoms with Crippen molar-refractivity contribution in [3.05, 3.63) is 65.7 Å². The molecule has 0 bridgehead atoms. The second kappa shape index (κ2) is 6.20. The molecule has 3 rings (SSSR count). The molecule has 1 aliphatic carbocycles. The number of benzene rings is 2. The highest BCUT2D eigenvalue weighted by molar-refractivity contribution is 5.69. The summed E-state index contributed by atoms with van der Waals surface area (Å²) in [6.07, 6.45) is 6.86. The molecule has 0 amide bonds. The quantitative estimate of drug-likeness (QED) is 0.627. The van der Waals surface area contributed by atoms with E-state index in [1.165, 1.54) is 35.1 Å². The molecule has 0 fully saturated rings. The molecule has 0 atom stereocenters. The van der Waals surface area contributed by atoms with Crippen molar-refractivity contribution in [2.24, 2.45) is 0 Å². The maximum atomic E-state index is 2.29. The van der Waals surface area contributed by atoms with Gasteiger partial charge in [0.25, 0.3) is 0 Å². The normalized spacial score (nSPS) is 12.3. The molecule has 0 aromatic heterocycles. The van der Waals surface area contributed by atoms with Gasteiger partial charge in [0.2, 0.25) is 0 Å². The summed E-state index contributed by atoms with van der Waals surface area (Å²) in [5.74, 6) is 0. The predicted molar refractivity (Wildman–Crippen MR) is 80.6 cm³/mol. The van der Waals surface area contributed by atoms with Crippen molar-refractivity contribution in [2.75, 3.05) is 0 Å². The molecular formula is C18H20. The van der Waals surface area contributed by atoms with Crippen LogP contribution in [0.15, 0.2) is 54.6 Å². The van der Waals surface area contributed by atoms with Gasteiger partial charge in [-0.3, -0.25) is 0 Å². The molecule has 0 aliphatic heterocycles. The van der Waals surface area contributed by atoms with Crippen molar-refractivity contribution >= 4 is 6.08 Å². The highest BCUT2D eigenvalue weighted by atomic mass is 14.1. The Bertz CT molecular complexity index is 521. The monoisotopic (exact) mass is 236 g/mol. The van der Waals surface area contributed by atoms with Crippen LogP contribution in [0, 0.1) is 0 Å². The lowest BCUT2D eigenvalue weighted by Gasteiger charge is -2.12. The minimum atomic E-state index is 1.18.